The molecule has 1 aliphatic carbocycles. The number of aliphatic imine (C=N–C) groups is 1. The average Bonchev–Trinajstić information content (AvgIpc) is 2.76. The molecule has 0 aromatic heterocycles. The van der Waals surface area contributed by atoms with E-state index in [1.807, 2.05) is 24.3 Å². The molecule has 2 heterocycles. The fraction of sp³-hybridized carbons (Fsp3) is 0.346. The van der Waals surface area contributed by atoms with Gasteiger partial charge in [0.15, 0.2) is 0 Å². The molecule has 3 aliphatic rings. The van der Waals surface area contributed by atoms with E-state index in [1.54, 1.807) is 0 Å². The Morgan fingerprint density at radius 1 is 1.06 bits per heavy atom. The van der Waals surface area contributed by atoms with Crippen molar-refractivity contribution in [1.82, 2.24) is 4.90 Å². The Morgan fingerprint density at radius 3 is 2.65 bits per heavy atom. The Balaban J connectivity index is 1.37. The highest BCUT2D eigenvalue weighted by molar-refractivity contribution is 6.30. The molecule has 0 amide bonds. The lowest BCUT2D eigenvalue weighted by molar-refractivity contribution is 0.259. The van der Waals surface area contributed by atoms with E-state index in [0.717, 1.165) is 54.8 Å². The average molecular weight is 453 g/mol. The predicted octanol–water partition coefficient (Wildman–Crippen LogP) is 6.14. The minimum absolute atomic E-state index is 0.00314. The first-order valence-electron chi connectivity index (χ1n) is 11.0. The summed E-state index contributed by atoms with van der Waals surface area (Å²) in [4.78, 5) is 7.16. The summed E-state index contributed by atoms with van der Waals surface area (Å²) < 4.78 is 6.13. The second kappa shape index (κ2) is 8.72. The minimum atomic E-state index is -0.00314. The predicted molar refractivity (Wildman–Crippen MR) is 129 cm³/mol. The molecular formula is C26H26Cl2N2O. The Morgan fingerprint density at radius 2 is 1.90 bits per heavy atom. The molecule has 0 spiro atoms. The molecule has 2 aliphatic heterocycles. The van der Waals surface area contributed by atoms with Crippen molar-refractivity contribution in [3.8, 4) is 5.75 Å². The lowest BCUT2D eigenvalue weighted by Gasteiger charge is -2.45. The first kappa shape index (κ1) is 20.7. The molecule has 5 rings (SSSR count). The summed E-state index contributed by atoms with van der Waals surface area (Å²) in [5.41, 5.74) is 5.15. The van der Waals surface area contributed by atoms with Crippen LogP contribution in [0.4, 0.5) is 0 Å². The number of hydrogen-bond acceptors (Lipinski definition) is 3. The van der Waals surface area contributed by atoms with Gasteiger partial charge in [-0.25, -0.2) is 0 Å². The third-order valence-corrected chi connectivity index (χ3v) is 7.29. The number of nitrogens with zero attached hydrogens (tertiary/aromatic N) is 2. The van der Waals surface area contributed by atoms with Crippen LogP contribution in [0.1, 0.15) is 36.0 Å². The van der Waals surface area contributed by atoms with Gasteiger partial charge >= 0.3 is 0 Å². The van der Waals surface area contributed by atoms with Crippen molar-refractivity contribution in [2.24, 2.45) is 4.99 Å². The Hall–Kier alpha value is -2.23. The number of halogens is 2. The molecule has 1 saturated carbocycles. The fourth-order valence-corrected chi connectivity index (χ4v) is 5.18. The van der Waals surface area contributed by atoms with E-state index in [2.05, 4.69) is 41.3 Å². The molecule has 2 aromatic carbocycles. The molecule has 1 fully saturated rings. The fourth-order valence-electron chi connectivity index (χ4n) is 4.83. The van der Waals surface area contributed by atoms with Crippen LogP contribution in [0.5, 0.6) is 5.75 Å². The summed E-state index contributed by atoms with van der Waals surface area (Å²) in [6, 6.07) is 14.8. The van der Waals surface area contributed by atoms with Gasteiger partial charge in [0, 0.05) is 29.1 Å². The van der Waals surface area contributed by atoms with Gasteiger partial charge in [-0.15, -0.1) is 0 Å². The minimum Gasteiger partial charge on any atom is -0.492 e. The first-order chi connectivity index (χ1) is 15.2. The highest BCUT2D eigenvalue weighted by atomic mass is 35.5. The quantitative estimate of drug-likeness (QED) is 0.491. The van der Waals surface area contributed by atoms with E-state index in [4.69, 9.17) is 32.9 Å². The van der Waals surface area contributed by atoms with Gasteiger partial charge in [-0.1, -0.05) is 60.0 Å². The van der Waals surface area contributed by atoms with Crippen molar-refractivity contribution in [2.75, 3.05) is 26.2 Å². The van der Waals surface area contributed by atoms with Gasteiger partial charge in [0.2, 0.25) is 0 Å². The Kier molecular flexibility index (Phi) is 5.81. The van der Waals surface area contributed by atoms with Crippen LogP contribution in [-0.4, -0.2) is 36.9 Å². The lowest BCUT2D eigenvalue weighted by atomic mass is 9.59. The highest BCUT2D eigenvalue weighted by Gasteiger charge is 2.45. The smallest absolute Gasteiger partial charge is 0.120 e. The van der Waals surface area contributed by atoms with E-state index >= 15 is 0 Å². The summed E-state index contributed by atoms with van der Waals surface area (Å²) in [6.45, 7) is 3.02. The van der Waals surface area contributed by atoms with Gasteiger partial charge in [-0.05, 0) is 60.7 Å². The number of ether oxygens (including phenoxy) is 1. The molecule has 0 saturated heterocycles. The van der Waals surface area contributed by atoms with Crippen molar-refractivity contribution in [2.45, 2.75) is 31.1 Å². The molecule has 0 unspecified atom stereocenters. The van der Waals surface area contributed by atoms with Crippen molar-refractivity contribution in [3.63, 3.8) is 0 Å². The monoisotopic (exact) mass is 452 g/mol. The van der Waals surface area contributed by atoms with E-state index in [1.165, 1.54) is 28.8 Å². The van der Waals surface area contributed by atoms with Gasteiger partial charge in [0.1, 0.15) is 17.5 Å². The third-order valence-electron chi connectivity index (χ3n) is 6.67. The zero-order valence-electron chi connectivity index (χ0n) is 17.5. The lowest BCUT2D eigenvalue weighted by Crippen LogP contribution is -2.44. The second-order valence-corrected chi connectivity index (χ2v) is 9.28. The molecule has 0 bridgehead atoms. The van der Waals surface area contributed by atoms with Crippen LogP contribution in [0.25, 0.3) is 0 Å². The standard InChI is InChI=1S/C26H26Cl2N2O/c27-21-8-6-20(7-9-21)26(12-3-13-26)25-23-18-22(10-5-19(23)11-14-29-25)31-17-16-30-15-2-1-4-24(30)28/h1-2,4-10,18H,3,11-17H2. The molecule has 31 heavy (non-hydrogen) atoms. The van der Waals surface area contributed by atoms with Gasteiger partial charge in [0.05, 0.1) is 12.3 Å². The van der Waals surface area contributed by atoms with Crippen LogP contribution in [-0.2, 0) is 11.8 Å². The van der Waals surface area contributed by atoms with E-state index in [9.17, 15) is 0 Å². The summed E-state index contributed by atoms with van der Waals surface area (Å²) in [6.07, 6.45) is 10.5. The first-order valence-corrected chi connectivity index (χ1v) is 11.8. The topological polar surface area (TPSA) is 24.8 Å². The van der Waals surface area contributed by atoms with E-state index in [0.29, 0.717) is 6.61 Å². The normalized spacial score (nSPS) is 19.2. The maximum absolute atomic E-state index is 6.28. The highest BCUT2D eigenvalue weighted by Crippen LogP contribution is 2.48. The molecule has 0 radical (unpaired) electrons. The van der Waals surface area contributed by atoms with Crippen LogP contribution in [0.3, 0.4) is 0 Å². The molecule has 5 heteroatoms. The van der Waals surface area contributed by atoms with Crippen molar-refractivity contribution >= 4 is 28.9 Å². The summed E-state index contributed by atoms with van der Waals surface area (Å²) in [5.74, 6) is 0.895. The molecule has 0 N–H and O–H groups in total. The molecule has 3 nitrogen and oxygen atoms in total. The van der Waals surface area contributed by atoms with Crippen molar-refractivity contribution in [3.05, 3.63) is 87.6 Å². The van der Waals surface area contributed by atoms with Gasteiger partial charge in [0.25, 0.3) is 0 Å². The van der Waals surface area contributed by atoms with E-state index < -0.39 is 0 Å². The summed E-state index contributed by atoms with van der Waals surface area (Å²) >= 11 is 12.4. The zero-order chi connectivity index (χ0) is 21.3. The second-order valence-electron chi connectivity index (χ2n) is 8.45. The summed E-state index contributed by atoms with van der Waals surface area (Å²) in [7, 11) is 0. The maximum atomic E-state index is 6.28. The van der Waals surface area contributed by atoms with Gasteiger partial charge in [-0.2, -0.15) is 0 Å². The van der Waals surface area contributed by atoms with Crippen LogP contribution in [0, 0.1) is 0 Å². The van der Waals surface area contributed by atoms with Gasteiger partial charge in [-0.3, -0.25) is 4.99 Å². The van der Waals surface area contributed by atoms with Crippen LogP contribution < -0.4 is 4.74 Å². The number of hydrogen-bond donors (Lipinski definition) is 0. The number of rotatable bonds is 6. The largest absolute Gasteiger partial charge is 0.492 e. The van der Waals surface area contributed by atoms with Crippen LogP contribution in [0.2, 0.25) is 5.02 Å². The third kappa shape index (κ3) is 4.02. The Bertz CT molecular complexity index is 1050. The molecular weight excluding hydrogens is 427 g/mol. The Labute approximate surface area is 194 Å². The number of allylic oxidation sites excluding steroid dienone is 2. The van der Waals surface area contributed by atoms with E-state index in [-0.39, 0.29) is 5.41 Å². The maximum Gasteiger partial charge on any atom is 0.120 e. The molecule has 2 aromatic rings. The SMILES string of the molecule is ClC1=CC=CCN1CCOc1ccc2c(c1)C(C1(c3ccc(Cl)cc3)CCC1)=NCC2. The van der Waals surface area contributed by atoms with Gasteiger partial charge < -0.3 is 9.64 Å². The number of fused-ring (bicyclic) bond motifs is 1. The van der Waals surface area contributed by atoms with Crippen LogP contribution >= 0.6 is 23.2 Å². The number of benzene rings is 2. The molecule has 0 atom stereocenters. The van der Waals surface area contributed by atoms with Crippen molar-refractivity contribution in [1.29, 1.82) is 0 Å². The van der Waals surface area contributed by atoms with Crippen LogP contribution in [0.15, 0.2) is 70.8 Å². The van der Waals surface area contributed by atoms with Crippen molar-refractivity contribution < 1.29 is 4.74 Å². The molecule has 160 valence electrons. The zero-order valence-corrected chi connectivity index (χ0v) is 19.0. The summed E-state index contributed by atoms with van der Waals surface area (Å²) in [5, 5.41) is 1.54.